The second kappa shape index (κ2) is 13.2. The van der Waals surface area contributed by atoms with Crippen molar-refractivity contribution in [2.24, 2.45) is 0 Å². The summed E-state index contributed by atoms with van der Waals surface area (Å²) in [6.07, 6.45) is 8.43. The van der Waals surface area contributed by atoms with Crippen molar-refractivity contribution in [2.75, 3.05) is 0 Å². The van der Waals surface area contributed by atoms with Crippen LogP contribution in [-0.2, 0) is 5.41 Å². The molecule has 254 valence electrons. The first-order valence-electron chi connectivity index (χ1n) is 18.3. The molecule has 2 nitrogen and oxygen atoms in total. The molecule has 1 unspecified atom stereocenters. The van der Waals surface area contributed by atoms with E-state index in [-0.39, 0.29) is 0 Å². The van der Waals surface area contributed by atoms with E-state index in [0.717, 1.165) is 61.7 Å². The van der Waals surface area contributed by atoms with Crippen LogP contribution in [0, 0.1) is 6.92 Å². The summed E-state index contributed by atoms with van der Waals surface area (Å²) in [5.41, 5.74) is 12.6. The maximum Gasteiger partial charge on any atom is 0.132 e. The number of para-hydroxylation sites is 3. The zero-order valence-corrected chi connectivity index (χ0v) is 30.0. The van der Waals surface area contributed by atoms with E-state index in [2.05, 4.69) is 200 Å². The summed E-state index contributed by atoms with van der Waals surface area (Å²) < 4.78 is 9.51. The van der Waals surface area contributed by atoms with Gasteiger partial charge in [0.2, 0.25) is 0 Å². The molecule has 7 aromatic carbocycles. The van der Waals surface area contributed by atoms with E-state index < -0.39 is 5.41 Å². The summed E-state index contributed by atoms with van der Waals surface area (Å²) in [5.74, 6) is 1.65. The molecular weight excluding hydrogens is 643 g/mol. The molecule has 1 atom stereocenters. The fourth-order valence-corrected chi connectivity index (χ4v) is 8.58. The molecule has 2 heteroatoms. The Hall–Kier alpha value is -6.64. The summed E-state index contributed by atoms with van der Waals surface area (Å²) >= 11 is 0. The van der Waals surface area contributed by atoms with Crippen LogP contribution < -0.4 is 4.74 Å². The van der Waals surface area contributed by atoms with Crippen LogP contribution in [0.3, 0.4) is 0 Å². The van der Waals surface area contributed by atoms with Gasteiger partial charge in [-0.25, -0.2) is 0 Å². The van der Waals surface area contributed by atoms with Gasteiger partial charge in [0.1, 0.15) is 11.5 Å². The standard InChI is InChI=1S/C51H39NO/c1-4-5-8-21-36(3)51(44-31-15-13-20-35(44)2)48-39(37-22-9-6-10-23-37)27-18-33-46(48)53-47-34-19-28-41(49(47)51)43-30-17-29-42-40-26-14-16-32-45(40)52(50(42)43)38-24-11-7-12-25-38/h4-34H,3H2,1-2H3/b5-4-,21-8-. The number of ether oxygens (including phenoxy) is 1. The highest BCUT2D eigenvalue weighted by Gasteiger charge is 2.49. The third-order valence-corrected chi connectivity index (χ3v) is 10.7. The van der Waals surface area contributed by atoms with Gasteiger partial charge in [0.15, 0.2) is 0 Å². The second-order valence-corrected chi connectivity index (χ2v) is 13.7. The van der Waals surface area contributed by atoms with Gasteiger partial charge in [0, 0.05) is 33.2 Å². The predicted octanol–water partition coefficient (Wildman–Crippen LogP) is 13.6. The van der Waals surface area contributed by atoms with Crippen LogP contribution in [0.25, 0.3) is 49.7 Å². The Bertz CT molecular complexity index is 2730. The van der Waals surface area contributed by atoms with E-state index in [1.54, 1.807) is 0 Å². The van der Waals surface area contributed by atoms with Crippen LogP contribution in [0.5, 0.6) is 11.5 Å². The minimum atomic E-state index is -0.832. The van der Waals surface area contributed by atoms with Gasteiger partial charge < -0.3 is 9.30 Å². The number of aryl methyl sites for hydroxylation is 1. The fourth-order valence-electron chi connectivity index (χ4n) is 8.58. The van der Waals surface area contributed by atoms with Crippen molar-refractivity contribution in [3.8, 4) is 39.4 Å². The molecule has 0 bridgehead atoms. The number of benzene rings is 7. The Labute approximate surface area is 311 Å². The molecule has 2 heterocycles. The van der Waals surface area contributed by atoms with Crippen molar-refractivity contribution in [3.63, 3.8) is 0 Å². The third kappa shape index (κ3) is 5.02. The first kappa shape index (κ1) is 32.3. The predicted molar refractivity (Wildman–Crippen MR) is 222 cm³/mol. The fraction of sp³-hybridized carbons (Fsp3) is 0.0588. The Morgan fingerprint density at radius 3 is 1.94 bits per heavy atom. The number of rotatable bonds is 7. The van der Waals surface area contributed by atoms with Crippen LogP contribution in [-0.4, -0.2) is 4.57 Å². The minimum absolute atomic E-state index is 0.823. The summed E-state index contributed by atoms with van der Waals surface area (Å²) in [7, 11) is 0. The van der Waals surface area contributed by atoms with E-state index in [1.807, 2.05) is 6.92 Å². The largest absolute Gasteiger partial charge is 0.457 e. The zero-order valence-electron chi connectivity index (χ0n) is 30.0. The van der Waals surface area contributed by atoms with Crippen LogP contribution in [0.1, 0.15) is 29.2 Å². The van der Waals surface area contributed by atoms with Crippen LogP contribution >= 0.6 is 0 Å². The molecule has 0 radical (unpaired) electrons. The molecule has 0 spiro atoms. The number of allylic oxidation sites excluding steroid dienone is 5. The summed E-state index contributed by atoms with van der Waals surface area (Å²) in [5, 5.41) is 2.42. The van der Waals surface area contributed by atoms with Gasteiger partial charge in [-0.05, 0) is 77.6 Å². The third-order valence-electron chi connectivity index (χ3n) is 10.7. The van der Waals surface area contributed by atoms with Gasteiger partial charge in [-0.15, -0.1) is 0 Å². The number of hydrogen-bond donors (Lipinski definition) is 0. The average molecular weight is 682 g/mol. The first-order valence-corrected chi connectivity index (χ1v) is 18.3. The van der Waals surface area contributed by atoms with Crippen LogP contribution in [0.15, 0.2) is 200 Å². The molecule has 0 amide bonds. The van der Waals surface area contributed by atoms with Gasteiger partial charge >= 0.3 is 0 Å². The second-order valence-electron chi connectivity index (χ2n) is 13.7. The Kier molecular flexibility index (Phi) is 8.01. The van der Waals surface area contributed by atoms with Crippen molar-refractivity contribution in [1.82, 2.24) is 4.57 Å². The Morgan fingerprint density at radius 2 is 1.19 bits per heavy atom. The van der Waals surface area contributed by atoms with E-state index in [4.69, 9.17) is 11.3 Å². The highest BCUT2D eigenvalue weighted by atomic mass is 16.5. The van der Waals surface area contributed by atoms with Gasteiger partial charge in [0.25, 0.3) is 0 Å². The van der Waals surface area contributed by atoms with Gasteiger partial charge in [-0.3, -0.25) is 0 Å². The van der Waals surface area contributed by atoms with Crippen molar-refractivity contribution >= 4 is 21.8 Å². The number of aromatic nitrogens is 1. The summed E-state index contributed by atoms with van der Waals surface area (Å²) in [6.45, 7) is 9.25. The van der Waals surface area contributed by atoms with E-state index in [9.17, 15) is 0 Å². The van der Waals surface area contributed by atoms with E-state index >= 15 is 0 Å². The number of fused-ring (bicyclic) bond motifs is 5. The zero-order chi connectivity index (χ0) is 35.9. The Morgan fingerprint density at radius 1 is 0.585 bits per heavy atom. The lowest BCUT2D eigenvalue weighted by Crippen LogP contribution is -2.36. The molecule has 8 aromatic rings. The van der Waals surface area contributed by atoms with Gasteiger partial charge in [-0.2, -0.15) is 0 Å². The molecule has 0 N–H and O–H groups in total. The molecular formula is C51H39NO. The molecule has 0 saturated carbocycles. The molecule has 1 aromatic heterocycles. The summed E-state index contributed by atoms with van der Waals surface area (Å²) in [6, 6.07) is 58.6. The lowest BCUT2D eigenvalue weighted by atomic mass is 9.59. The van der Waals surface area contributed by atoms with E-state index in [0.29, 0.717) is 0 Å². The van der Waals surface area contributed by atoms with Crippen molar-refractivity contribution < 1.29 is 4.74 Å². The smallest absolute Gasteiger partial charge is 0.132 e. The number of nitrogens with zero attached hydrogens (tertiary/aromatic N) is 1. The molecule has 0 saturated heterocycles. The molecule has 1 aliphatic rings. The van der Waals surface area contributed by atoms with E-state index in [1.165, 1.54) is 27.4 Å². The SMILES string of the molecule is C=C(/C=C\C=C/C)C1(c2ccccc2C)c2c(cccc2-c2ccccc2)Oc2cccc(-c3cccc4c5ccccc5n(-c5ccccc5)c34)c21. The lowest BCUT2D eigenvalue weighted by Gasteiger charge is -2.45. The topological polar surface area (TPSA) is 14.2 Å². The quantitative estimate of drug-likeness (QED) is 0.153. The maximum absolute atomic E-state index is 7.09. The van der Waals surface area contributed by atoms with Crippen molar-refractivity contribution in [1.29, 1.82) is 0 Å². The molecule has 1 aliphatic heterocycles. The average Bonchev–Trinajstić information content (AvgIpc) is 3.55. The first-order chi connectivity index (χ1) is 26.1. The molecule has 53 heavy (non-hydrogen) atoms. The highest BCUT2D eigenvalue weighted by molar-refractivity contribution is 6.14. The molecule has 9 rings (SSSR count). The van der Waals surface area contributed by atoms with Crippen LogP contribution in [0.4, 0.5) is 0 Å². The Balaban J connectivity index is 1.48. The van der Waals surface area contributed by atoms with Crippen molar-refractivity contribution in [2.45, 2.75) is 19.3 Å². The normalized spacial score (nSPS) is 15.1. The van der Waals surface area contributed by atoms with Gasteiger partial charge in [-0.1, -0.05) is 164 Å². The summed E-state index contributed by atoms with van der Waals surface area (Å²) in [4.78, 5) is 0. The number of hydrogen-bond acceptors (Lipinski definition) is 1. The lowest BCUT2D eigenvalue weighted by molar-refractivity contribution is 0.435. The minimum Gasteiger partial charge on any atom is -0.457 e. The van der Waals surface area contributed by atoms with Crippen LogP contribution in [0.2, 0.25) is 0 Å². The molecule has 0 fully saturated rings. The van der Waals surface area contributed by atoms with Gasteiger partial charge in [0.05, 0.1) is 16.4 Å². The highest BCUT2D eigenvalue weighted by Crippen LogP contribution is 2.61. The monoisotopic (exact) mass is 681 g/mol. The van der Waals surface area contributed by atoms with Crippen molar-refractivity contribution in [3.05, 3.63) is 223 Å². The molecule has 0 aliphatic carbocycles. The maximum atomic E-state index is 7.09.